The highest BCUT2D eigenvalue weighted by molar-refractivity contribution is 9.10. The number of hydrogen-bond donors (Lipinski definition) is 1. The third kappa shape index (κ3) is 1.26. The summed E-state index contributed by atoms with van der Waals surface area (Å²) < 4.78 is 14.2. The number of hydrogen-bond acceptors (Lipinski definition) is 1. The first kappa shape index (κ1) is 10.0. The summed E-state index contributed by atoms with van der Waals surface area (Å²) in [5.41, 5.74) is 2.01. The topological polar surface area (TPSA) is 32.9 Å². The maximum atomic E-state index is 13.8. The number of H-pyrrole nitrogens is 1. The SMILES string of the molecule is O=C1CCCc2c1[nH]c1c(F)c(Br)ccc21. The van der Waals surface area contributed by atoms with Crippen LogP contribution in [0.15, 0.2) is 16.6 Å². The third-order valence-electron chi connectivity index (χ3n) is 3.08. The Morgan fingerprint density at radius 2 is 2.12 bits per heavy atom. The molecular weight excluding hydrogens is 273 g/mol. The van der Waals surface area contributed by atoms with Crippen LogP contribution in [0.25, 0.3) is 10.9 Å². The van der Waals surface area contributed by atoms with Crippen LogP contribution in [0.1, 0.15) is 28.9 Å². The Balaban J connectivity index is 2.40. The lowest BCUT2D eigenvalue weighted by molar-refractivity contribution is 0.0968. The van der Waals surface area contributed by atoms with E-state index in [1.54, 1.807) is 6.07 Å². The van der Waals surface area contributed by atoms with Crippen molar-refractivity contribution in [2.75, 3.05) is 0 Å². The van der Waals surface area contributed by atoms with Gasteiger partial charge in [0.05, 0.1) is 15.7 Å². The molecule has 0 atom stereocenters. The molecule has 82 valence electrons. The average Bonchev–Trinajstić information content (AvgIpc) is 2.65. The lowest BCUT2D eigenvalue weighted by atomic mass is 9.95. The second kappa shape index (κ2) is 3.42. The predicted octanol–water partition coefficient (Wildman–Crippen LogP) is 3.59. The van der Waals surface area contributed by atoms with Gasteiger partial charge in [0, 0.05) is 11.8 Å². The van der Waals surface area contributed by atoms with Gasteiger partial charge in [0.25, 0.3) is 0 Å². The van der Waals surface area contributed by atoms with Gasteiger partial charge in [-0.05, 0) is 40.4 Å². The van der Waals surface area contributed by atoms with Gasteiger partial charge in [-0.25, -0.2) is 4.39 Å². The molecule has 0 unspecified atom stereocenters. The van der Waals surface area contributed by atoms with Crippen molar-refractivity contribution in [1.29, 1.82) is 0 Å². The summed E-state index contributed by atoms with van der Waals surface area (Å²) in [6.45, 7) is 0. The van der Waals surface area contributed by atoms with E-state index in [4.69, 9.17) is 0 Å². The Bertz CT molecular complexity index is 603. The van der Waals surface area contributed by atoms with E-state index >= 15 is 0 Å². The van der Waals surface area contributed by atoms with Gasteiger partial charge >= 0.3 is 0 Å². The standard InChI is InChI=1S/C12H9BrFNO/c13-8-5-4-7-6-2-1-3-9(16)11(6)15-12(7)10(8)14/h4-5,15H,1-3H2. The number of aromatic amines is 1. The van der Waals surface area contributed by atoms with E-state index in [1.807, 2.05) is 6.07 Å². The molecule has 4 heteroatoms. The highest BCUT2D eigenvalue weighted by atomic mass is 79.9. The highest BCUT2D eigenvalue weighted by Crippen LogP contribution is 2.32. The molecule has 0 saturated heterocycles. The molecule has 3 rings (SSSR count). The molecule has 0 aliphatic heterocycles. The fraction of sp³-hybridized carbons (Fsp3) is 0.250. The van der Waals surface area contributed by atoms with Gasteiger partial charge in [0.15, 0.2) is 11.6 Å². The van der Waals surface area contributed by atoms with Crippen LogP contribution in [-0.4, -0.2) is 10.8 Å². The minimum absolute atomic E-state index is 0.0907. The van der Waals surface area contributed by atoms with Crippen molar-refractivity contribution < 1.29 is 9.18 Å². The summed E-state index contributed by atoms with van der Waals surface area (Å²) >= 11 is 3.14. The van der Waals surface area contributed by atoms with E-state index in [2.05, 4.69) is 20.9 Å². The minimum atomic E-state index is -0.320. The Hall–Kier alpha value is -1.16. The molecule has 2 nitrogen and oxygen atoms in total. The lowest BCUT2D eigenvalue weighted by Crippen LogP contribution is -2.09. The zero-order valence-corrected chi connectivity index (χ0v) is 10.0. The van der Waals surface area contributed by atoms with E-state index in [9.17, 15) is 9.18 Å². The van der Waals surface area contributed by atoms with Crippen LogP contribution in [0.4, 0.5) is 4.39 Å². The van der Waals surface area contributed by atoms with Crippen LogP contribution in [-0.2, 0) is 6.42 Å². The average molecular weight is 282 g/mol. The maximum Gasteiger partial charge on any atom is 0.179 e. The van der Waals surface area contributed by atoms with Crippen LogP contribution in [0.5, 0.6) is 0 Å². The van der Waals surface area contributed by atoms with Gasteiger partial charge in [-0.15, -0.1) is 0 Å². The summed E-state index contributed by atoms with van der Waals surface area (Å²) in [6, 6.07) is 3.54. The summed E-state index contributed by atoms with van der Waals surface area (Å²) in [7, 11) is 0. The number of aromatic nitrogens is 1. The quantitative estimate of drug-likeness (QED) is 0.787. The van der Waals surface area contributed by atoms with Gasteiger partial charge < -0.3 is 4.98 Å². The largest absolute Gasteiger partial charge is 0.349 e. The van der Waals surface area contributed by atoms with Crippen molar-refractivity contribution in [2.24, 2.45) is 0 Å². The van der Waals surface area contributed by atoms with Gasteiger partial charge in [-0.2, -0.15) is 0 Å². The van der Waals surface area contributed by atoms with Crippen molar-refractivity contribution >= 4 is 32.6 Å². The summed E-state index contributed by atoms with van der Waals surface area (Å²) in [5, 5.41) is 0.837. The summed E-state index contributed by atoms with van der Waals surface area (Å²) in [5.74, 6) is -0.229. The fourth-order valence-electron chi connectivity index (χ4n) is 2.31. The van der Waals surface area contributed by atoms with Crippen molar-refractivity contribution in [1.82, 2.24) is 4.98 Å². The number of benzene rings is 1. The number of carbonyl (C=O) groups excluding carboxylic acids is 1. The summed E-state index contributed by atoms with van der Waals surface area (Å²) in [4.78, 5) is 14.6. The minimum Gasteiger partial charge on any atom is -0.349 e. The molecular formula is C12H9BrFNO. The number of ketones is 1. The van der Waals surface area contributed by atoms with E-state index in [0.29, 0.717) is 22.1 Å². The van der Waals surface area contributed by atoms with Crippen LogP contribution < -0.4 is 0 Å². The predicted molar refractivity (Wildman–Crippen MR) is 63.2 cm³/mol. The first-order chi connectivity index (χ1) is 7.68. The molecule has 0 saturated carbocycles. The number of aryl methyl sites for hydroxylation is 1. The number of halogens is 2. The lowest BCUT2D eigenvalue weighted by Gasteiger charge is -2.09. The molecule has 1 aliphatic carbocycles. The van der Waals surface area contributed by atoms with E-state index in [1.165, 1.54) is 0 Å². The van der Waals surface area contributed by atoms with Crippen molar-refractivity contribution in [2.45, 2.75) is 19.3 Å². The molecule has 1 N–H and O–H groups in total. The normalized spacial score (nSPS) is 15.5. The number of carbonyl (C=O) groups is 1. The fourth-order valence-corrected chi connectivity index (χ4v) is 2.64. The maximum absolute atomic E-state index is 13.8. The Labute approximate surface area is 100.0 Å². The number of rotatable bonds is 0. The van der Waals surface area contributed by atoms with Crippen LogP contribution in [0, 0.1) is 5.82 Å². The summed E-state index contributed by atoms with van der Waals surface area (Å²) in [6.07, 6.45) is 2.27. The second-order valence-electron chi connectivity index (χ2n) is 4.04. The Morgan fingerprint density at radius 1 is 1.31 bits per heavy atom. The van der Waals surface area contributed by atoms with Crippen molar-refractivity contribution in [3.05, 3.63) is 33.7 Å². The van der Waals surface area contributed by atoms with Crippen LogP contribution >= 0.6 is 15.9 Å². The van der Waals surface area contributed by atoms with Gasteiger partial charge in [0.2, 0.25) is 0 Å². The number of Topliss-reactive ketones (excluding diaryl/α,β-unsaturated/α-hetero) is 1. The highest BCUT2D eigenvalue weighted by Gasteiger charge is 2.23. The van der Waals surface area contributed by atoms with Gasteiger partial charge in [-0.1, -0.05) is 6.07 Å². The number of nitrogens with one attached hydrogen (secondary N) is 1. The molecule has 1 heterocycles. The monoisotopic (exact) mass is 281 g/mol. The van der Waals surface area contributed by atoms with Gasteiger partial charge in [-0.3, -0.25) is 4.79 Å². The van der Waals surface area contributed by atoms with E-state index in [0.717, 1.165) is 23.8 Å². The third-order valence-corrected chi connectivity index (χ3v) is 3.69. The zero-order valence-electron chi connectivity index (χ0n) is 8.44. The van der Waals surface area contributed by atoms with Crippen molar-refractivity contribution in [3.8, 4) is 0 Å². The molecule has 0 fully saturated rings. The van der Waals surface area contributed by atoms with E-state index in [-0.39, 0.29) is 11.6 Å². The molecule has 1 aromatic carbocycles. The molecule has 1 aromatic heterocycles. The molecule has 2 aromatic rings. The zero-order chi connectivity index (χ0) is 11.3. The molecule has 0 spiro atoms. The smallest absolute Gasteiger partial charge is 0.179 e. The van der Waals surface area contributed by atoms with Crippen molar-refractivity contribution in [3.63, 3.8) is 0 Å². The first-order valence-corrected chi connectivity index (χ1v) is 5.99. The molecule has 0 bridgehead atoms. The second-order valence-corrected chi connectivity index (χ2v) is 4.89. The molecule has 0 amide bonds. The van der Waals surface area contributed by atoms with Gasteiger partial charge in [0.1, 0.15) is 0 Å². The molecule has 16 heavy (non-hydrogen) atoms. The van der Waals surface area contributed by atoms with Crippen LogP contribution in [0.2, 0.25) is 0 Å². The Morgan fingerprint density at radius 3 is 2.94 bits per heavy atom. The van der Waals surface area contributed by atoms with E-state index < -0.39 is 0 Å². The van der Waals surface area contributed by atoms with Crippen LogP contribution in [0.3, 0.4) is 0 Å². The first-order valence-electron chi connectivity index (χ1n) is 5.20. The molecule has 1 aliphatic rings. The molecule has 0 radical (unpaired) electrons. The Kier molecular flexibility index (Phi) is 2.14. The number of fused-ring (bicyclic) bond motifs is 3.